The zero-order chi connectivity index (χ0) is 13.7. The van der Waals surface area contributed by atoms with E-state index in [1.165, 1.54) is 6.42 Å². The maximum atomic E-state index is 12.2. The van der Waals surface area contributed by atoms with Gasteiger partial charge in [0.15, 0.2) is 11.7 Å². The molecule has 0 unspecified atom stereocenters. The van der Waals surface area contributed by atoms with Crippen molar-refractivity contribution in [3.05, 3.63) is 0 Å². The SMILES string of the molecule is N#C[C@@H](C(=O)NC1CCCCC1)C(=O)C1CCCC1. The molecule has 0 aromatic heterocycles. The minimum Gasteiger partial charge on any atom is -0.352 e. The van der Waals surface area contributed by atoms with Gasteiger partial charge in [-0.25, -0.2) is 0 Å². The van der Waals surface area contributed by atoms with Crippen molar-refractivity contribution >= 4 is 11.7 Å². The summed E-state index contributed by atoms with van der Waals surface area (Å²) in [6.07, 6.45) is 9.18. The molecule has 4 nitrogen and oxygen atoms in total. The molecule has 0 saturated heterocycles. The van der Waals surface area contributed by atoms with Crippen LogP contribution in [-0.4, -0.2) is 17.7 Å². The van der Waals surface area contributed by atoms with Gasteiger partial charge in [0.25, 0.3) is 0 Å². The Balaban J connectivity index is 1.90. The highest BCUT2D eigenvalue weighted by Gasteiger charge is 2.34. The lowest BCUT2D eigenvalue weighted by Gasteiger charge is -2.24. The molecule has 2 saturated carbocycles. The molecule has 2 aliphatic carbocycles. The fourth-order valence-corrected chi connectivity index (χ4v) is 3.23. The Kier molecular flexibility index (Phi) is 4.95. The quantitative estimate of drug-likeness (QED) is 0.790. The van der Waals surface area contributed by atoms with E-state index in [4.69, 9.17) is 5.26 Å². The van der Waals surface area contributed by atoms with E-state index < -0.39 is 5.92 Å². The molecule has 2 fully saturated rings. The molecule has 19 heavy (non-hydrogen) atoms. The van der Waals surface area contributed by atoms with Gasteiger partial charge in [0.2, 0.25) is 5.91 Å². The summed E-state index contributed by atoms with van der Waals surface area (Å²) in [5, 5.41) is 12.0. The molecule has 104 valence electrons. The van der Waals surface area contributed by atoms with E-state index in [-0.39, 0.29) is 23.7 Å². The van der Waals surface area contributed by atoms with Crippen LogP contribution in [-0.2, 0) is 9.59 Å². The molecule has 0 aliphatic heterocycles. The summed E-state index contributed by atoms with van der Waals surface area (Å²) in [5.74, 6) is -1.69. The number of carbonyl (C=O) groups is 2. The van der Waals surface area contributed by atoms with Crippen molar-refractivity contribution in [2.45, 2.75) is 63.8 Å². The molecule has 1 amide bonds. The molecule has 4 heteroatoms. The van der Waals surface area contributed by atoms with E-state index in [1.54, 1.807) is 0 Å². The first-order valence-corrected chi connectivity index (χ1v) is 7.46. The topological polar surface area (TPSA) is 70.0 Å². The van der Waals surface area contributed by atoms with Crippen molar-refractivity contribution in [1.82, 2.24) is 5.32 Å². The second-order valence-corrected chi connectivity index (χ2v) is 5.79. The molecule has 2 aliphatic rings. The van der Waals surface area contributed by atoms with E-state index in [0.29, 0.717) is 0 Å². The number of hydrogen-bond donors (Lipinski definition) is 1. The maximum absolute atomic E-state index is 12.2. The molecule has 1 atom stereocenters. The van der Waals surface area contributed by atoms with Crippen LogP contribution in [0.1, 0.15) is 57.8 Å². The number of nitrogens with zero attached hydrogens (tertiary/aromatic N) is 1. The second-order valence-electron chi connectivity index (χ2n) is 5.79. The second kappa shape index (κ2) is 6.70. The van der Waals surface area contributed by atoms with Crippen LogP contribution in [0.4, 0.5) is 0 Å². The fourth-order valence-electron chi connectivity index (χ4n) is 3.23. The maximum Gasteiger partial charge on any atom is 0.245 e. The Morgan fingerprint density at radius 1 is 1.00 bits per heavy atom. The normalized spacial score (nSPS) is 22.7. The molecule has 2 rings (SSSR count). The standard InChI is InChI=1S/C15H22N2O2/c16-10-13(14(18)11-6-4-5-7-11)15(19)17-12-8-2-1-3-9-12/h11-13H,1-9H2,(H,17,19)/t13-/m1/s1. The minimum absolute atomic E-state index is 0.0678. The predicted molar refractivity (Wildman–Crippen MR) is 71.1 cm³/mol. The lowest BCUT2D eigenvalue weighted by atomic mass is 9.90. The lowest BCUT2D eigenvalue weighted by Crippen LogP contribution is -2.43. The summed E-state index contributed by atoms with van der Waals surface area (Å²) in [6.45, 7) is 0. The van der Waals surface area contributed by atoms with Gasteiger partial charge in [-0.15, -0.1) is 0 Å². The number of carbonyl (C=O) groups excluding carboxylic acids is 2. The van der Waals surface area contributed by atoms with E-state index in [0.717, 1.165) is 51.4 Å². The van der Waals surface area contributed by atoms with Crippen LogP contribution in [0, 0.1) is 23.2 Å². The highest BCUT2D eigenvalue weighted by Crippen LogP contribution is 2.28. The number of nitriles is 1. The third-order valence-electron chi connectivity index (χ3n) is 4.38. The van der Waals surface area contributed by atoms with Crippen LogP contribution >= 0.6 is 0 Å². The highest BCUT2D eigenvalue weighted by atomic mass is 16.2. The third-order valence-corrected chi connectivity index (χ3v) is 4.38. The average molecular weight is 262 g/mol. The molecule has 0 bridgehead atoms. The van der Waals surface area contributed by atoms with Crippen LogP contribution in [0.3, 0.4) is 0 Å². The summed E-state index contributed by atoms with van der Waals surface area (Å²) in [4.78, 5) is 24.3. The smallest absolute Gasteiger partial charge is 0.245 e. The molecule has 0 heterocycles. The number of ketones is 1. The van der Waals surface area contributed by atoms with Gasteiger partial charge >= 0.3 is 0 Å². The fraction of sp³-hybridized carbons (Fsp3) is 0.800. The van der Waals surface area contributed by atoms with Crippen molar-refractivity contribution < 1.29 is 9.59 Å². The van der Waals surface area contributed by atoms with Crippen LogP contribution in [0.25, 0.3) is 0 Å². The van der Waals surface area contributed by atoms with Crippen molar-refractivity contribution in [2.24, 2.45) is 11.8 Å². The van der Waals surface area contributed by atoms with E-state index in [9.17, 15) is 9.59 Å². The molecular weight excluding hydrogens is 240 g/mol. The van der Waals surface area contributed by atoms with Gasteiger partial charge in [-0.2, -0.15) is 5.26 Å². The van der Waals surface area contributed by atoms with Crippen LogP contribution in [0.15, 0.2) is 0 Å². The van der Waals surface area contributed by atoms with Crippen LogP contribution < -0.4 is 5.32 Å². The largest absolute Gasteiger partial charge is 0.352 e. The van der Waals surface area contributed by atoms with Gasteiger partial charge in [0, 0.05) is 12.0 Å². The Bertz CT molecular complexity index is 374. The minimum atomic E-state index is -1.09. The summed E-state index contributed by atoms with van der Waals surface area (Å²) in [7, 11) is 0. The average Bonchev–Trinajstić information content (AvgIpc) is 2.94. The molecule has 0 aromatic rings. The number of hydrogen-bond acceptors (Lipinski definition) is 3. The van der Waals surface area contributed by atoms with Gasteiger partial charge in [-0.3, -0.25) is 9.59 Å². The molecule has 0 spiro atoms. The molecule has 0 radical (unpaired) electrons. The van der Waals surface area contributed by atoms with Crippen molar-refractivity contribution in [1.29, 1.82) is 5.26 Å². The Morgan fingerprint density at radius 3 is 2.16 bits per heavy atom. The summed E-state index contributed by atoms with van der Waals surface area (Å²) < 4.78 is 0. The predicted octanol–water partition coefficient (Wildman–Crippen LogP) is 2.33. The summed E-state index contributed by atoms with van der Waals surface area (Å²) in [5.41, 5.74) is 0. The van der Waals surface area contributed by atoms with E-state index in [1.807, 2.05) is 6.07 Å². The third kappa shape index (κ3) is 3.56. The molecule has 0 aromatic carbocycles. The lowest BCUT2D eigenvalue weighted by molar-refractivity contribution is -0.134. The van der Waals surface area contributed by atoms with Gasteiger partial charge in [-0.1, -0.05) is 32.1 Å². The summed E-state index contributed by atoms with van der Waals surface area (Å²) in [6, 6.07) is 2.07. The first kappa shape index (κ1) is 14.0. The Morgan fingerprint density at radius 2 is 1.58 bits per heavy atom. The van der Waals surface area contributed by atoms with Crippen LogP contribution in [0.2, 0.25) is 0 Å². The number of amides is 1. The van der Waals surface area contributed by atoms with Crippen LogP contribution in [0.5, 0.6) is 0 Å². The highest BCUT2D eigenvalue weighted by molar-refractivity contribution is 6.05. The van der Waals surface area contributed by atoms with E-state index >= 15 is 0 Å². The Hall–Kier alpha value is -1.37. The van der Waals surface area contributed by atoms with Crippen molar-refractivity contribution in [2.75, 3.05) is 0 Å². The number of nitrogens with one attached hydrogen (secondary N) is 1. The van der Waals surface area contributed by atoms with Gasteiger partial charge in [-0.05, 0) is 25.7 Å². The molecular formula is C15H22N2O2. The van der Waals surface area contributed by atoms with E-state index in [2.05, 4.69) is 5.32 Å². The number of rotatable bonds is 4. The van der Waals surface area contributed by atoms with Crippen molar-refractivity contribution in [3.63, 3.8) is 0 Å². The first-order chi connectivity index (χ1) is 9.22. The van der Waals surface area contributed by atoms with Gasteiger partial charge in [0.1, 0.15) is 0 Å². The number of Topliss-reactive ketones (excluding diaryl/α,β-unsaturated/α-hetero) is 1. The first-order valence-electron chi connectivity index (χ1n) is 7.46. The Labute approximate surface area is 114 Å². The van der Waals surface area contributed by atoms with Gasteiger partial charge in [0.05, 0.1) is 6.07 Å². The monoisotopic (exact) mass is 262 g/mol. The summed E-state index contributed by atoms with van der Waals surface area (Å²) >= 11 is 0. The molecule has 1 N–H and O–H groups in total. The zero-order valence-corrected chi connectivity index (χ0v) is 11.4. The van der Waals surface area contributed by atoms with Crippen molar-refractivity contribution in [3.8, 4) is 6.07 Å². The van der Waals surface area contributed by atoms with Gasteiger partial charge < -0.3 is 5.32 Å². The zero-order valence-electron chi connectivity index (χ0n) is 11.4.